The number of rotatable bonds is 39. The molecule has 8 nitrogen and oxygen atoms in total. The lowest BCUT2D eigenvalue weighted by atomic mass is 10.0. The number of amides is 1. The molecule has 2 N–H and O–H groups in total. The Hall–Kier alpha value is -1.54. The van der Waals surface area contributed by atoms with Gasteiger partial charge in [0.1, 0.15) is 13.2 Å². The predicted molar refractivity (Wildman–Crippen MR) is 228 cm³/mol. The SMILES string of the molecule is CCCCC/C=C\C/C=C\C/C=C\CCCCCCCCC(=O)N[C@@H](COP(=O)([O-])OCC[N+](C)(C)C)[C@H](O)/C=C/CCCCCCCCCCCCC. The zero-order valence-electron chi connectivity index (χ0n) is 35.7. The van der Waals surface area contributed by atoms with Gasteiger partial charge in [-0.05, 0) is 57.8 Å². The summed E-state index contributed by atoms with van der Waals surface area (Å²) >= 11 is 0. The van der Waals surface area contributed by atoms with Crippen molar-refractivity contribution in [1.29, 1.82) is 0 Å². The van der Waals surface area contributed by atoms with Crippen molar-refractivity contribution in [2.45, 2.75) is 193 Å². The Balaban J connectivity index is 4.45. The number of nitrogens with zero attached hydrogens (tertiary/aromatic N) is 1. The van der Waals surface area contributed by atoms with Gasteiger partial charge in [-0.2, -0.15) is 0 Å². The molecule has 0 aromatic rings. The molecule has 3 atom stereocenters. The summed E-state index contributed by atoms with van der Waals surface area (Å²) in [4.78, 5) is 25.3. The largest absolute Gasteiger partial charge is 0.756 e. The highest BCUT2D eigenvalue weighted by Crippen LogP contribution is 2.38. The van der Waals surface area contributed by atoms with Crippen LogP contribution in [0, 0.1) is 0 Å². The lowest BCUT2D eigenvalue weighted by Crippen LogP contribution is -2.45. The van der Waals surface area contributed by atoms with Gasteiger partial charge < -0.3 is 28.8 Å². The highest BCUT2D eigenvalue weighted by atomic mass is 31.2. The van der Waals surface area contributed by atoms with Crippen LogP contribution >= 0.6 is 7.82 Å². The summed E-state index contributed by atoms with van der Waals surface area (Å²) in [6.07, 6.45) is 45.7. The van der Waals surface area contributed by atoms with E-state index in [-0.39, 0.29) is 19.1 Å². The minimum Gasteiger partial charge on any atom is -0.756 e. The lowest BCUT2D eigenvalue weighted by molar-refractivity contribution is -0.870. The molecule has 0 spiro atoms. The molecule has 316 valence electrons. The van der Waals surface area contributed by atoms with E-state index in [1.807, 2.05) is 27.2 Å². The molecule has 0 fully saturated rings. The van der Waals surface area contributed by atoms with Gasteiger partial charge in [0.25, 0.3) is 7.82 Å². The Morgan fingerprint density at radius 2 is 1.07 bits per heavy atom. The van der Waals surface area contributed by atoms with Crippen LogP contribution in [-0.2, 0) is 18.4 Å². The standard InChI is InChI=1S/C45H85N2O6P/c1-6-8-10-12-14-16-18-20-21-22-23-24-25-27-29-31-33-35-37-39-45(49)46-43(42-53-54(50,51)52-41-40-47(3,4)5)44(48)38-36-34-32-30-28-26-19-17-15-13-11-9-7-2/h14,16,20-21,23-24,36,38,43-44,48H,6-13,15,17-19,22,25-35,37,39-42H2,1-5H3,(H-,46,49,50,51)/b16-14-,21-20-,24-23-,38-36+/t43-,44+/m0/s1. The van der Waals surface area contributed by atoms with Crippen molar-refractivity contribution in [3.8, 4) is 0 Å². The molecule has 0 saturated heterocycles. The maximum atomic E-state index is 12.8. The van der Waals surface area contributed by atoms with Crippen LogP contribution in [-0.4, -0.2) is 68.5 Å². The highest BCUT2D eigenvalue weighted by Gasteiger charge is 2.23. The third-order valence-corrected chi connectivity index (χ3v) is 10.5. The third kappa shape index (κ3) is 38.7. The normalized spacial score (nSPS) is 14.9. The molecular formula is C45H85N2O6P. The van der Waals surface area contributed by atoms with Gasteiger partial charge >= 0.3 is 0 Å². The van der Waals surface area contributed by atoms with Gasteiger partial charge in [0.15, 0.2) is 0 Å². The van der Waals surface area contributed by atoms with Gasteiger partial charge in [-0.15, -0.1) is 0 Å². The third-order valence-electron chi connectivity index (χ3n) is 9.53. The molecule has 0 saturated carbocycles. The second-order valence-corrected chi connectivity index (χ2v) is 17.5. The van der Waals surface area contributed by atoms with Crippen LogP contribution in [0.4, 0.5) is 0 Å². The van der Waals surface area contributed by atoms with E-state index in [0.717, 1.165) is 64.2 Å². The van der Waals surface area contributed by atoms with Crippen LogP contribution in [0.2, 0.25) is 0 Å². The maximum Gasteiger partial charge on any atom is 0.268 e. The van der Waals surface area contributed by atoms with Crippen LogP contribution < -0.4 is 10.2 Å². The van der Waals surface area contributed by atoms with Crippen molar-refractivity contribution >= 4 is 13.7 Å². The number of nitrogens with one attached hydrogen (secondary N) is 1. The Bertz CT molecular complexity index is 1020. The van der Waals surface area contributed by atoms with Crippen molar-refractivity contribution in [3.63, 3.8) is 0 Å². The molecule has 0 bridgehead atoms. The first-order valence-corrected chi connectivity index (χ1v) is 23.5. The molecule has 0 heterocycles. The van der Waals surface area contributed by atoms with Gasteiger partial charge in [-0.3, -0.25) is 9.36 Å². The van der Waals surface area contributed by atoms with E-state index in [1.165, 1.54) is 96.3 Å². The van der Waals surface area contributed by atoms with E-state index in [4.69, 9.17) is 9.05 Å². The summed E-state index contributed by atoms with van der Waals surface area (Å²) in [6, 6.07) is -0.893. The second kappa shape index (κ2) is 37.1. The fraction of sp³-hybridized carbons (Fsp3) is 0.800. The van der Waals surface area contributed by atoms with Gasteiger partial charge in [-0.25, -0.2) is 0 Å². The number of aliphatic hydroxyl groups excluding tert-OH is 1. The minimum absolute atomic E-state index is 0.00537. The number of phosphoric ester groups is 1. The fourth-order valence-corrected chi connectivity index (χ4v) is 6.70. The number of hydrogen-bond acceptors (Lipinski definition) is 6. The lowest BCUT2D eigenvalue weighted by Gasteiger charge is -2.29. The number of likely N-dealkylation sites (N-methyl/N-ethyl adjacent to an activating group) is 1. The van der Waals surface area contributed by atoms with Crippen LogP contribution in [0.5, 0.6) is 0 Å². The number of quaternary nitrogens is 1. The van der Waals surface area contributed by atoms with E-state index in [0.29, 0.717) is 17.4 Å². The van der Waals surface area contributed by atoms with Crippen LogP contribution in [0.15, 0.2) is 48.6 Å². The average Bonchev–Trinajstić information content (AvgIpc) is 3.12. The molecule has 0 aliphatic carbocycles. The summed E-state index contributed by atoms with van der Waals surface area (Å²) in [6.45, 7) is 4.59. The van der Waals surface area contributed by atoms with E-state index in [1.54, 1.807) is 6.08 Å². The summed E-state index contributed by atoms with van der Waals surface area (Å²) in [7, 11) is 1.24. The quantitative estimate of drug-likeness (QED) is 0.0278. The van der Waals surface area contributed by atoms with Gasteiger partial charge in [0.2, 0.25) is 5.91 Å². The molecule has 0 aromatic carbocycles. The molecule has 0 aliphatic rings. The smallest absolute Gasteiger partial charge is 0.268 e. The highest BCUT2D eigenvalue weighted by molar-refractivity contribution is 7.45. The molecule has 1 amide bonds. The molecular weight excluding hydrogens is 695 g/mol. The zero-order valence-corrected chi connectivity index (χ0v) is 36.6. The molecule has 0 radical (unpaired) electrons. The summed E-state index contributed by atoms with van der Waals surface area (Å²) in [5.41, 5.74) is 0. The molecule has 9 heteroatoms. The second-order valence-electron chi connectivity index (χ2n) is 16.0. The number of hydrogen-bond donors (Lipinski definition) is 2. The number of aliphatic hydroxyl groups is 1. The molecule has 54 heavy (non-hydrogen) atoms. The monoisotopic (exact) mass is 781 g/mol. The number of phosphoric acid groups is 1. The molecule has 0 aliphatic heterocycles. The first-order valence-electron chi connectivity index (χ1n) is 22.0. The van der Waals surface area contributed by atoms with E-state index in [9.17, 15) is 19.4 Å². The molecule has 1 unspecified atom stereocenters. The zero-order chi connectivity index (χ0) is 40.0. The first kappa shape index (κ1) is 52.5. The van der Waals surface area contributed by atoms with Gasteiger partial charge in [0, 0.05) is 6.42 Å². The average molecular weight is 781 g/mol. The van der Waals surface area contributed by atoms with E-state index < -0.39 is 20.0 Å². The number of carbonyl (C=O) groups is 1. The summed E-state index contributed by atoms with van der Waals surface area (Å²) in [5, 5.41) is 13.7. The van der Waals surface area contributed by atoms with Crippen molar-refractivity contribution in [2.75, 3.05) is 40.9 Å². The summed E-state index contributed by atoms with van der Waals surface area (Å²) in [5.74, 6) is -0.213. The number of carbonyl (C=O) groups excluding carboxylic acids is 1. The number of allylic oxidation sites excluding steroid dienone is 7. The van der Waals surface area contributed by atoms with Crippen molar-refractivity contribution in [2.24, 2.45) is 0 Å². The van der Waals surface area contributed by atoms with Crippen LogP contribution in [0.1, 0.15) is 181 Å². The Morgan fingerprint density at radius 1 is 0.648 bits per heavy atom. The minimum atomic E-state index is -4.59. The van der Waals surface area contributed by atoms with Crippen molar-refractivity contribution in [3.05, 3.63) is 48.6 Å². The van der Waals surface area contributed by atoms with E-state index >= 15 is 0 Å². The Kier molecular flexibility index (Phi) is 36.0. The molecule has 0 aromatic heterocycles. The van der Waals surface area contributed by atoms with Gasteiger partial charge in [-0.1, -0.05) is 165 Å². The summed E-state index contributed by atoms with van der Waals surface area (Å²) < 4.78 is 23.2. The van der Waals surface area contributed by atoms with E-state index in [2.05, 4.69) is 55.6 Å². The predicted octanol–water partition coefficient (Wildman–Crippen LogP) is 11.4. The fourth-order valence-electron chi connectivity index (χ4n) is 5.98. The number of unbranched alkanes of at least 4 members (excludes halogenated alkanes) is 20. The van der Waals surface area contributed by atoms with Crippen molar-refractivity contribution < 1.29 is 32.9 Å². The van der Waals surface area contributed by atoms with Gasteiger partial charge in [0.05, 0.1) is 39.9 Å². The topological polar surface area (TPSA) is 108 Å². The van der Waals surface area contributed by atoms with Crippen molar-refractivity contribution in [1.82, 2.24) is 5.32 Å². The maximum absolute atomic E-state index is 12.8. The Labute approximate surface area is 333 Å². The Morgan fingerprint density at radius 3 is 1.59 bits per heavy atom. The first-order chi connectivity index (χ1) is 26.0. The van der Waals surface area contributed by atoms with Crippen LogP contribution in [0.25, 0.3) is 0 Å². The van der Waals surface area contributed by atoms with Crippen LogP contribution in [0.3, 0.4) is 0 Å². The molecule has 0 rings (SSSR count).